The average Bonchev–Trinajstić information content (AvgIpc) is 3.43. The zero-order valence-corrected chi connectivity index (χ0v) is 15.5. The number of hydrogen-bond acceptors (Lipinski definition) is 4. The quantitative estimate of drug-likeness (QED) is 0.634. The Hall–Kier alpha value is -2.31. The smallest absolute Gasteiger partial charge is 0.235 e. The van der Waals surface area contributed by atoms with E-state index in [1.165, 1.54) is 11.8 Å². The Kier molecular flexibility index (Phi) is 4.95. The van der Waals surface area contributed by atoms with Gasteiger partial charge in [0.05, 0.1) is 27.2 Å². The molecule has 2 aromatic heterocycles. The van der Waals surface area contributed by atoms with E-state index in [1.54, 1.807) is 23.0 Å². The summed E-state index contributed by atoms with van der Waals surface area (Å²) in [6, 6.07) is 15.4. The minimum Gasteiger partial charge on any atom is -0.310 e. The molecule has 1 saturated carbocycles. The lowest BCUT2D eigenvalue weighted by Crippen LogP contribution is -2.17. The van der Waals surface area contributed by atoms with E-state index < -0.39 is 0 Å². The molecule has 26 heavy (non-hydrogen) atoms. The Morgan fingerprint density at radius 3 is 2.73 bits per heavy atom. The van der Waals surface area contributed by atoms with Crippen molar-refractivity contribution < 1.29 is 4.79 Å². The van der Waals surface area contributed by atoms with Gasteiger partial charge in [-0.3, -0.25) is 4.79 Å². The number of rotatable bonds is 6. The van der Waals surface area contributed by atoms with Gasteiger partial charge >= 0.3 is 0 Å². The van der Waals surface area contributed by atoms with E-state index in [2.05, 4.69) is 10.3 Å². The number of nitrogens with one attached hydrogen (secondary N) is 1. The Balaban J connectivity index is 1.48. The van der Waals surface area contributed by atoms with Gasteiger partial charge in [0.1, 0.15) is 5.82 Å². The van der Waals surface area contributed by atoms with Crippen LogP contribution in [0.3, 0.4) is 0 Å². The van der Waals surface area contributed by atoms with Crippen LogP contribution in [0, 0.1) is 0 Å². The molecule has 1 aliphatic rings. The molecule has 3 aromatic rings. The fourth-order valence-electron chi connectivity index (χ4n) is 2.60. The standard InChI is InChI=1S/C19H17ClN4OS/c20-14-8-9-19(21-11-14)26-12-18(25)22-17-10-16(13-6-7-13)23-24(17)15-4-2-1-3-5-15/h1-5,8-11,13H,6-7,12H2,(H,22,25). The first-order chi connectivity index (χ1) is 12.7. The van der Waals surface area contributed by atoms with Crippen LogP contribution in [0.25, 0.3) is 5.69 Å². The number of benzene rings is 1. The Labute approximate surface area is 160 Å². The van der Waals surface area contributed by atoms with E-state index in [-0.39, 0.29) is 11.7 Å². The first-order valence-corrected chi connectivity index (χ1v) is 9.75. The summed E-state index contributed by atoms with van der Waals surface area (Å²) >= 11 is 7.20. The number of nitrogens with zero attached hydrogens (tertiary/aromatic N) is 3. The number of halogens is 1. The number of pyridine rings is 1. The SMILES string of the molecule is O=C(CSc1ccc(Cl)cn1)Nc1cc(C2CC2)nn1-c1ccccc1. The van der Waals surface area contributed by atoms with Crippen molar-refractivity contribution in [3.8, 4) is 5.69 Å². The molecule has 132 valence electrons. The number of carbonyl (C=O) groups excluding carboxylic acids is 1. The third kappa shape index (κ3) is 4.08. The summed E-state index contributed by atoms with van der Waals surface area (Å²) in [6.07, 6.45) is 3.91. The summed E-state index contributed by atoms with van der Waals surface area (Å²) in [5.74, 6) is 1.40. The van der Waals surface area contributed by atoms with E-state index in [1.807, 2.05) is 36.4 Å². The van der Waals surface area contributed by atoms with Crippen molar-refractivity contribution in [2.75, 3.05) is 11.1 Å². The molecule has 5 nitrogen and oxygen atoms in total. The maximum absolute atomic E-state index is 12.4. The zero-order valence-electron chi connectivity index (χ0n) is 13.9. The predicted molar refractivity (Wildman–Crippen MR) is 104 cm³/mol. The maximum atomic E-state index is 12.4. The topological polar surface area (TPSA) is 59.8 Å². The van der Waals surface area contributed by atoms with Crippen molar-refractivity contribution in [3.63, 3.8) is 0 Å². The van der Waals surface area contributed by atoms with Crippen LogP contribution in [0.1, 0.15) is 24.5 Å². The van der Waals surface area contributed by atoms with Crippen molar-refractivity contribution in [2.24, 2.45) is 0 Å². The van der Waals surface area contributed by atoms with Crippen LogP contribution in [-0.4, -0.2) is 26.4 Å². The van der Waals surface area contributed by atoms with Crippen molar-refractivity contribution in [2.45, 2.75) is 23.8 Å². The van der Waals surface area contributed by atoms with E-state index >= 15 is 0 Å². The fraction of sp³-hybridized carbons (Fsp3) is 0.211. The largest absolute Gasteiger partial charge is 0.310 e. The van der Waals surface area contributed by atoms with Crippen molar-refractivity contribution in [3.05, 3.63) is 65.4 Å². The van der Waals surface area contributed by atoms with Crippen LogP contribution in [0.5, 0.6) is 0 Å². The molecule has 0 aliphatic heterocycles. The fourth-order valence-corrected chi connectivity index (χ4v) is 3.35. The second-order valence-corrected chi connectivity index (χ2v) is 7.56. The van der Waals surface area contributed by atoms with Crippen molar-refractivity contribution in [1.29, 1.82) is 0 Å². The number of aromatic nitrogens is 3. The second-order valence-electron chi connectivity index (χ2n) is 6.13. The van der Waals surface area contributed by atoms with Crippen LogP contribution in [-0.2, 0) is 4.79 Å². The van der Waals surface area contributed by atoms with Crippen LogP contribution in [0.2, 0.25) is 5.02 Å². The molecule has 0 bridgehead atoms. The molecule has 0 spiro atoms. The van der Waals surface area contributed by atoms with Crippen LogP contribution in [0.15, 0.2) is 59.8 Å². The molecule has 4 rings (SSSR count). The van der Waals surface area contributed by atoms with Gasteiger partial charge in [0, 0.05) is 18.2 Å². The van der Waals surface area contributed by atoms with Gasteiger partial charge < -0.3 is 5.32 Å². The number of hydrogen-bond donors (Lipinski definition) is 1. The molecule has 1 aliphatic carbocycles. The molecule has 1 fully saturated rings. The Morgan fingerprint density at radius 1 is 1.23 bits per heavy atom. The summed E-state index contributed by atoms with van der Waals surface area (Å²) in [5.41, 5.74) is 1.97. The van der Waals surface area contributed by atoms with Crippen LogP contribution in [0.4, 0.5) is 5.82 Å². The highest BCUT2D eigenvalue weighted by Crippen LogP contribution is 2.40. The molecule has 1 aromatic carbocycles. The number of thioether (sulfide) groups is 1. The molecular formula is C19H17ClN4OS. The second kappa shape index (κ2) is 7.51. The summed E-state index contributed by atoms with van der Waals surface area (Å²) < 4.78 is 1.80. The van der Waals surface area contributed by atoms with E-state index in [0.29, 0.717) is 16.8 Å². The molecule has 0 saturated heterocycles. The van der Waals surface area contributed by atoms with E-state index in [9.17, 15) is 4.79 Å². The first-order valence-electron chi connectivity index (χ1n) is 8.38. The Bertz CT molecular complexity index is 907. The molecule has 0 unspecified atom stereocenters. The third-order valence-electron chi connectivity index (χ3n) is 4.04. The Morgan fingerprint density at radius 2 is 2.04 bits per heavy atom. The van der Waals surface area contributed by atoms with Crippen molar-refractivity contribution in [1.82, 2.24) is 14.8 Å². The van der Waals surface area contributed by atoms with Crippen LogP contribution >= 0.6 is 23.4 Å². The molecule has 7 heteroatoms. The van der Waals surface area contributed by atoms with Gasteiger partial charge in [0.2, 0.25) is 5.91 Å². The van der Waals surface area contributed by atoms with Gasteiger partial charge in [-0.25, -0.2) is 9.67 Å². The highest BCUT2D eigenvalue weighted by atomic mass is 35.5. The summed E-state index contributed by atoms with van der Waals surface area (Å²) in [7, 11) is 0. The molecule has 0 atom stereocenters. The third-order valence-corrected chi connectivity index (χ3v) is 5.21. The van der Waals surface area contributed by atoms with Gasteiger partial charge in [-0.2, -0.15) is 5.10 Å². The van der Waals surface area contributed by atoms with Gasteiger partial charge in [-0.15, -0.1) is 0 Å². The van der Waals surface area contributed by atoms with E-state index in [0.717, 1.165) is 29.2 Å². The van der Waals surface area contributed by atoms with Crippen LogP contribution < -0.4 is 5.32 Å². The molecular weight excluding hydrogens is 368 g/mol. The van der Waals surface area contributed by atoms with Crippen molar-refractivity contribution >= 4 is 35.1 Å². The van der Waals surface area contributed by atoms with Gasteiger partial charge in [-0.05, 0) is 37.1 Å². The normalized spacial score (nSPS) is 13.6. The molecule has 1 amide bonds. The van der Waals surface area contributed by atoms with Gasteiger partial charge in [-0.1, -0.05) is 41.6 Å². The lowest BCUT2D eigenvalue weighted by molar-refractivity contribution is -0.113. The zero-order chi connectivity index (χ0) is 17.9. The number of para-hydroxylation sites is 1. The van der Waals surface area contributed by atoms with Gasteiger partial charge in [0.15, 0.2) is 0 Å². The highest BCUT2D eigenvalue weighted by molar-refractivity contribution is 7.99. The molecule has 2 heterocycles. The summed E-state index contributed by atoms with van der Waals surface area (Å²) in [4.78, 5) is 16.6. The number of amides is 1. The number of anilines is 1. The molecule has 1 N–H and O–H groups in total. The highest BCUT2D eigenvalue weighted by Gasteiger charge is 2.28. The average molecular weight is 385 g/mol. The lowest BCUT2D eigenvalue weighted by Gasteiger charge is -2.08. The molecule has 0 radical (unpaired) electrons. The van der Waals surface area contributed by atoms with Gasteiger partial charge in [0.25, 0.3) is 0 Å². The first kappa shape index (κ1) is 17.1. The van der Waals surface area contributed by atoms with E-state index in [4.69, 9.17) is 16.7 Å². The minimum absolute atomic E-state index is 0.0915. The monoisotopic (exact) mass is 384 g/mol. The number of carbonyl (C=O) groups is 1. The summed E-state index contributed by atoms with van der Waals surface area (Å²) in [5, 5.41) is 9.02. The summed E-state index contributed by atoms with van der Waals surface area (Å²) in [6.45, 7) is 0. The predicted octanol–water partition coefficient (Wildman–Crippen LogP) is 4.53. The lowest BCUT2D eigenvalue weighted by atomic mass is 10.3. The minimum atomic E-state index is -0.0915. The maximum Gasteiger partial charge on any atom is 0.235 e.